The van der Waals surface area contributed by atoms with Crippen LogP contribution in [-0.2, 0) is 14.3 Å². The standard InChI is InChI=1S/C62H117NO5/c1-4-7-10-13-16-19-22-25-28-30-33-36-39-42-45-48-51-54-60(65)59(57-64)63-61(66)56-58(53-50-47-44-41-38-35-32-27-24-21-18-15-12-9-6-3)68-62(67)55-52-49-46-43-40-37-34-31-29-26-23-20-17-14-11-8-5-2/h17,20,26,29,34,37,58-60,64-65H,4-16,18-19,21-25,27-28,30-33,35-36,38-57H2,1-3H3,(H,63,66)/b20-17-,29-26-,37-34-. The molecule has 3 unspecified atom stereocenters. The number of ether oxygens (including phenoxy) is 1. The van der Waals surface area contributed by atoms with Gasteiger partial charge in [-0.25, -0.2) is 0 Å². The molecule has 0 heterocycles. The molecule has 0 aliphatic carbocycles. The molecule has 0 saturated carbocycles. The summed E-state index contributed by atoms with van der Waals surface area (Å²) in [7, 11) is 0. The predicted molar refractivity (Wildman–Crippen MR) is 296 cm³/mol. The van der Waals surface area contributed by atoms with Crippen LogP contribution in [0.4, 0.5) is 0 Å². The Bertz CT molecular complexity index is 1120. The van der Waals surface area contributed by atoms with Crippen LogP contribution in [0.3, 0.4) is 0 Å². The third-order valence-electron chi connectivity index (χ3n) is 14.0. The van der Waals surface area contributed by atoms with Gasteiger partial charge in [-0.3, -0.25) is 9.59 Å². The van der Waals surface area contributed by atoms with E-state index < -0.39 is 18.2 Å². The molecule has 0 aliphatic rings. The highest BCUT2D eigenvalue weighted by Gasteiger charge is 2.24. The van der Waals surface area contributed by atoms with Crippen LogP contribution in [0.15, 0.2) is 36.5 Å². The van der Waals surface area contributed by atoms with Gasteiger partial charge in [-0.2, -0.15) is 0 Å². The smallest absolute Gasteiger partial charge is 0.306 e. The second-order valence-corrected chi connectivity index (χ2v) is 20.8. The molecule has 6 heteroatoms. The number of aliphatic hydroxyl groups excluding tert-OH is 2. The van der Waals surface area contributed by atoms with Crippen molar-refractivity contribution in [2.45, 2.75) is 341 Å². The molecule has 0 bridgehead atoms. The number of carbonyl (C=O) groups excluding carboxylic acids is 2. The predicted octanol–water partition coefficient (Wildman–Crippen LogP) is 18.8. The molecule has 0 spiro atoms. The molecule has 3 N–H and O–H groups in total. The fraction of sp³-hybridized carbons (Fsp3) is 0.871. The highest BCUT2D eigenvalue weighted by atomic mass is 16.5. The summed E-state index contributed by atoms with van der Waals surface area (Å²) in [5.41, 5.74) is 0. The average Bonchev–Trinajstić information content (AvgIpc) is 3.33. The van der Waals surface area contributed by atoms with E-state index in [1.807, 2.05) is 0 Å². The number of carbonyl (C=O) groups is 2. The lowest BCUT2D eigenvalue weighted by molar-refractivity contribution is -0.151. The van der Waals surface area contributed by atoms with Gasteiger partial charge in [0, 0.05) is 6.42 Å². The van der Waals surface area contributed by atoms with Gasteiger partial charge < -0.3 is 20.3 Å². The van der Waals surface area contributed by atoms with Crippen molar-refractivity contribution in [3.05, 3.63) is 36.5 Å². The van der Waals surface area contributed by atoms with Crippen molar-refractivity contribution in [1.29, 1.82) is 0 Å². The lowest BCUT2D eigenvalue weighted by atomic mass is 10.0. The average molecular weight is 957 g/mol. The monoisotopic (exact) mass is 956 g/mol. The molecule has 0 rings (SSSR count). The van der Waals surface area contributed by atoms with Crippen LogP contribution < -0.4 is 5.32 Å². The number of allylic oxidation sites excluding steroid dienone is 6. The fourth-order valence-electron chi connectivity index (χ4n) is 9.38. The number of hydrogen-bond donors (Lipinski definition) is 3. The van der Waals surface area contributed by atoms with E-state index in [0.717, 1.165) is 70.6 Å². The third kappa shape index (κ3) is 50.5. The van der Waals surface area contributed by atoms with Crippen LogP contribution in [0.5, 0.6) is 0 Å². The largest absolute Gasteiger partial charge is 0.462 e. The Morgan fingerprint density at radius 3 is 1.16 bits per heavy atom. The van der Waals surface area contributed by atoms with Crippen LogP contribution in [-0.4, -0.2) is 46.9 Å². The molecule has 6 nitrogen and oxygen atoms in total. The van der Waals surface area contributed by atoms with Crippen LogP contribution >= 0.6 is 0 Å². The van der Waals surface area contributed by atoms with Gasteiger partial charge in [-0.15, -0.1) is 0 Å². The first kappa shape index (κ1) is 66.1. The zero-order valence-electron chi connectivity index (χ0n) is 45.8. The van der Waals surface area contributed by atoms with E-state index in [-0.39, 0.29) is 24.9 Å². The van der Waals surface area contributed by atoms with E-state index in [1.54, 1.807) is 0 Å². The summed E-state index contributed by atoms with van der Waals surface area (Å²) in [5, 5.41) is 23.9. The highest BCUT2D eigenvalue weighted by molar-refractivity contribution is 5.77. The number of unbranched alkanes of at least 4 members (excludes halogenated alkanes) is 37. The Morgan fingerprint density at radius 1 is 0.426 bits per heavy atom. The van der Waals surface area contributed by atoms with Gasteiger partial charge in [-0.05, 0) is 64.2 Å². The SMILES string of the molecule is CCCCC/C=C\C/C=C\C/C=C\CCCCCCC(=O)OC(CCCCCCCCCCCCCCCCC)CC(=O)NC(CO)C(O)CCCCCCCCCCCCCCCCCCC. The lowest BCUT2D eigenvalue weighted by Crippen LogP contribution is -2.46. The summed E-state index contributed by atoms with van der Waals surface area (Å²) >= 11 is 0. The molecule has 400 valence electrons. The van der Waals surface area contributed by atoms with E-state index in [2.05, 4.69) is 62.5 Å². The van der Waals surface area contributed by atoms with E-state index in [4.69, 9.17) is 4.74 Å². The van der Waals surface area contributed by atoms with Crippen molar-refractivity contribution >= 4 is 11.9 Å². The first-order valence-corrected chi connectivity index (χ1v) is 30.2. The van der Waals surface area contributed by atoms with Crippen LogP contribution in [0.2, 0.25) is 0 Å². The van der Waals surface area contributed by atoms with Crippen molar-refractivity contribution in [2.24, 2.45) is 0 Å². The fourth-order valence-corrected chi connectivity index (χ4v) is 9.38. The van der Waals surface area contributed by atoms with Crippen LogP contribution in [0.25, 0.3) is 0 Å². The molecular weight excluding hydrogens is 839 g/mol. The van der Waals surface area contributed by atoms with Gasteiger partial charge in [0.25, 0.3) is 0 Å². The highest BCUT2D eigenvalue weighted by Crippen LogP contribution is 2.19. The van der Waals surface area contributed by atoms with Gasteiger partial charge in [-0.1, -0.05) is 282 Å². The van der Waals surface area contributed by atoms with Gasteiger partial charge >= 0.3 is 5.97 Å². The molecule has 0 aromatic rings. The van der Waals surface area contributed by atoms with Crippen molar-refractivity contribution in [1.82, 2.24) is 5.32 Å². The summed E-state index contributed by atoms with van der Waals surface area (Å²) in [6.45, 7) is 6.50. The Hall–Kier alpha value is -1.92. The topological polar surface area (TPSA) is 95.9 Å². The lowest BCUT2D eigenvalue weighted by Gasteiger charge is -2.24. The minimum atomic E-state index is -0.790. The number of hydrogen-bond acceptors (Lipinski definition) is 5. The second kappa shape index (κ2) is 56.0. The first-order chi connectivity index (χ1) is 33.5. The molecule has 0 aromatic heterocycles. The number of amides is 1. The van der Waals surface area contributed by atoms with E-state index in [0.29, 0.717) is 19.3 Å². The maximum atomic E-state index is 13.3. The summed E-state index contributed by atoms with van der Waals surface area (Å²) in [6, 6.07) is -0.704. The second-order valence-electron chi connectivity index (χ2n) is 20.8. The minimum Gasteiger partial charge on any atom is -0.462 e. The van der Waals surface area contributed by atoms with E-state index in [1.165, 1.54) is 205 Å². The zero-order valence-corrected chi connectivity index (χ0v) is 45.8. The quantitative estimate of drug-likeness (QED) is 0.0321. The molecule has 0 radical (unpaired) electrons. The van der Waals surface area contributed by atoms with Crippen LogP contribution in [0, 0.1) is 0 Å². The summed E-state index contributed by atoms with van der Waals surface area (Å²) in [5.74, 6) is -0.480. The zero-order chi connectivity index (χ0) is 49.5. The van der Waals surface area contributed by atoms with Gasteiger partial charge in [0.15, 0.2) is 0 Å². The summed E-state index contributed by atoms with van der Waals surface area (Å²) in [6.07, 6.45) is 67.8. The van der Waals surface area contributed by atoms with Gasteiger partial charge in [0.2, 0.25) is 5.91 Å². The van der Waals surface area contributed by atoms with Crippen molar-refractivity contribution in [3.63, 3.8) is 0 Å². The van der Waals surface area contributed by atoms with Gasteiger partial charge in [0.1, 0.15) is 6.10 Å². The van der Waals surface area contributed by atoms with E-state index in [9.17, 15) is 19.8 Å². The normalized spacial score (nSPS) is 13.3. The molecule has 0 saturated heterocycles. The minimum absolute atomic E-state index is 0.0734. The molecule has 68 heavy (non-hydrogen) atoms. The Kier molecular flexibility index (Phi) is 54.4. The Balaban J connectivity index is 4.54. The van der Waals surface area contributed by atoms with Gasteiger partial charge in [0.05, 0.1) is 25.2 Å². The molecule has 3 atom stereocenters. The van der Waals surface area contributed by atoms with Crippen molar-refractivity contribution < 1.29 is 24.5 Å². The summed E-state index contributed by atoms with van der Waals surface area (Å²) in [4.78, 5) is 26.3. The Morgan fingerprint density at radius 2 is 0.750 bits per heavy atom. The molecular formula is C62H117NO5. The number of esters is 1. The number of rotatable bonds is 55. The molecule has 0 fully saturated rings. The molecule has 1 amide bonds. The molecule has 0 aliphatic heterocycles. The number of nitrogens with one attached hydrogen (secondary N) is 1. The van der Waals surface area contributed by atoms with Crippen molar-refractivity contribution in [3.8, 4) is 0 Å². The van der Waals surface area contributed by atoms with Crippen LogP contribution in [0.1, 0.15) is 323 Å². The first-order valence-electron chi connectivity index (χ1n) is 30.2. The van der Waals surface area contributed by atoms with E-state index >= 15 is 0 Å². The number of aliphatic hydroxyl groups is 2. The van der Waals surface area contributed by atoms with Crippen molar-refractivity contribution in [2.75, 3.05) is 6.61 Å². The third-order valence-corrected chi connectivity index (χ3v) is 14.0. The maximum absolute atomic E-state index is 13.3. The maximum Gasteiger partial charge on any atom is 0.306 e. The Labute approximate surface area is 424 Å². The summed E-state index contributed by atoms with van der Waals surface area (Å²) < 4.78 is 5.96. The molecule has 0 aromatic carbocycles.